The van der Waals surface area contributed by atoms with Crippen LogP contribution in [0.3, 0.4) is 0 Å². The summed E-state index contributed by atoms with van der Waals surface area (Å²) < 4.78 is 39.5. The van der Waals surface area contributed by atoms with Crippen LogP contribution in [0.4, 0.5) is 0 Å². The largest absolute Gasteiger partial charge is 0.492 e. The van der Waals surface area contributed by atoms with Gasteiger partial charge in [-0.2, -0.15) is 0 Å². The van der Waals surface area contributed by atoms with Crippen LogP contribution in [-0.2, 0) is 23.2 Å². The normalized spacial score (nSPS) is 11.7. The Morgan fingerprint density at radius 3 is 2.22 bits per heavy atom. The zero-order valence-corrected chi connectivity index (χ0v) is 18.8. The van der Waals surface area contributed by atoms with Gasteiger partial charge in [0, 0.05) is 14.1 Å². The summed E-state index contributed by atoms with van der Waals surface area (Å²) in [5.74, 6) is 2.20. The minimum atomic E-state index is -3.46. The number of hydrogen-bond donors (Lipinski definition) is 0. The first kappa shape index (κ1) is 21.9. The first-order chi connectivity index (χ1) is 15.4. The molecule has 32 heavy (non-hydrogen) atoms. The smallest absolute Gasteiger partial charge is 0.242 e. The van der Waals surface area contributed by atoms with E-state index in [2.05, 4.69) is 4.57 Å². The van der Waals surface area contributed by atoms with Crippen molar-refractivity contribution in [3.05, 3.63) is 84.7 Å². The van der Waals surface area contributed by atoms with Crippen molar-refractivity contribution in [2.24, 2.45) is 0 Å². The number of imidazole rings is 1. The molecule has 3 aromatic carbocycles. The lowest BCUT2D eigenvalue weighted by atomic mass is 10.3. The molecule has 1 heterocycles. The van der Waals surface area contributed by atoms with E-state index >= 15 is 0 Å². The third-order valence-corrected chi connectivity index (χ3v) is 6.86. The van der Waals surface area contributed by atoms with E-state index in [1.165, 1.54) is 18.4 Å². The van der Waals surface area contributed by atoms with E-state index in [9.17, 15) is 8.42 Å². The maximum atomic E-state index is 12.2. The van der Waals surface area contributed by atoms with Crippen LogP contribution in [0.5, 0.6) is 11.5 Å². The number of para-hydroxylation sites is 3. The zero-order valence-electron chi connectivity index (χ0n) is 18.0. The summed E-state index contributed by atoms with van der Waals surface area (Å²) in [4.78, 5) is 4.95. The van der Waals surface area contributed by atoms with E-state index in [1.807, 2.05) is 54.6 Å². The molecule has 0 fully saturated rings. The summed E-state index contributed by atoms with van der Waals surface area (Å²) in [6.07, 6.45) is 0. The molecular formula is C24H25N3O4S. The van der Waals surface area contributed by atoms with Crippen molar-refractivity contribution >= 4 is 21.1 Å². The van der Waals surface area contributed by atoms with Crippen molar-refractivity contribution in [2.75, 3.05) is 20.7 Å². The lowest BCUT2D eigenvalue weighted by Gasteiger charge is -2.13. The predicted octanol–water partition coefficient (Wildman–Crippen LogP) is 3.94. The molecule has 1 aromatic heterocycles. The number of sulfonamides is 1. The van der Waals surface area contributed by atoms with E-state index in [1.54, 1.807) is 24.3 Å². The Morgan fingerprint density at radius 2 is 1.50 bits per heavy atom. The molecule has 0 aliphatic heterocycles. The molecule has 0 aliphatic rings. The quantitative estimate of drug-likeness (QED) is 0.385. The standard InChI is InChI=1S/C24H25N3O4S/c1-26(2)32(28,29)21-14-12-20(13-15-21)30-17-16-27-23-11-7-6-10-22(23)25-24(27)18-31-19-8-4-3-5-9-19/h3-15H,16-18H2,1-2H3. The molecule has 7 nitrogen and oxygen atoms in total. The molecule has 0 amide bonds. The topological polar surface area (TPSA) is 73.7 Å². The summed E-state index contributed by atoms with van der Waals surface area (Å²) in [6.45, 7) is 1.32. The monoisotopic (exact) mass is 451 g/mol. The number of aromatic nitrogens is 2. The Morgan fingerprint density at radius 1 is 0.844 bits per heavy atom. The number of fused-ring (bicyclic) bond motifs is 1. The second kappa shape index (κ2) is 9.42. The Labute approximate surface area is 187 Å². The van der Waals surface area contributed by atoms with E-state index in [-0.39, 0.29) is 4.90 Å². The van der Waals surface area contributed by atoms with Crippen LogP contribution in [0.1, 0.15) is 5.82 Å². The van der Waals surface area contributed by atoms with Gasteiger partial charge in [0.05, 0.1) is 22.5 Å². The van der Waals surface area contributed by atoms with Gasteiger partial charge >= 0.3 is 0 Å². The van der Waals surface area contributed by atoms with Gasteiger partial charge in [0.25, 0.3) is 0 Å². The molecule has 0 unspecified atom stereocenters. The van der Waals surface area contributed by atoms with Crippen molar-refractivity contribution in [1.82, 2.24) is 13.9 Å². The maximum absolute atomic E-state index is 12.2. The van der Waals surface area contributed by atoms with Crippen molar-refractivity contribution in [2.45, 2.75) is 18.0 Å². The number of benzene rings is 3. The van der Waals surface area contributed by atoms with Gasteiger partial charge < -0.3 is 14.0 Å². The van der Waals surface area contributed by atoms with Crippen LogP contribution in [0.2, 0.25) is 0 Å². The van der Waals surface area contributed by atoms with Crippen LogP contribution in [0, 0.1) is 0 Å². The van der Waals surface area contributed by atoms with E-state index in [4.69, 9.17) is 14.5 Å². The van der Waals surface area contributed by atoms with Gasteiger partial charge in [-0.15, -0.1) is 0 Å². The van der Waals surface area contributed by atoms with Gasteiger partial charge in [-0.25, -0.2) is 17.7 Å². The molecule has 8 heteroatoms. The third-order valence-electron chi connectivity index (χ3n) is 5.03. The van der Waals surface area contributed by atoms with E-state index in [0.29, 0.717) is 25.5 Å². The number of hydrogen-bond acceptors (Lipinski definition) is 5. The van der Waals surface area contributed by atoms with Gasteiger partial charge in [-0.3, -0.25) is 0 Å². The van der Waals surface area contributed by atoms with Crippen LogP contribution in [0.25, 0.3) is 11.0 Å². The molecule has 0 saturated carbocycles. The molecule has 0 bridgehead atoms. The summed E-state index contributed by atoms with van der Waals surface area (Å²) >= 11 is 0. The zero-order chi connectivity index (χ0) is 22.6. The summed E-state index contributed by atoms with van der Waals surface area (Å²) in [5.41, 5.74) is 1.91. The van der Waals surface area contributed by atoms with Gasteiger partial charge in [-0.1, -0.05) is 30.3 Å². The lowest BCUT2D eigenvalue weighted by Crippen LogP contribution is -2.22. The Kier molecular flexibility index (Phi) is 6.43. The molecule has 4 rings (SSSR count). The van der Waals surface area contributed by atoms with Gasteiger partial charge in [0.15, 0.2) is 0 Å². The predicted molar refractivity (Wildman–Crippen MR) is 123 cm³/mol. The minimum absolute atomic E-state index is 0.232. The average molecular weight is 452 g/mol. The summed E-state index contributed by atoms with van der Waals surface area (Å²) in [7, 11) is -0.441. The van der Waals surface area contributed by atoms with Crippen LogP contribution in [-0.4, -0.2) is 43.0 Å². The van der Waals surface area contributed by atoms with Gasteiger partial charge in [0.2, 0.25) is 10.0 Å². The molecule has 0 spiro atoms. The minimum Gasteiger partial charge on any atom is -0.492 e. The number of ether oxygens (including phenoxy) is 2. The number of nitrogens with zero attached hydrogens (tertiary/aromatic N) is 3. The average Bonchev–Trinajstić information content (AvgIpc) is 3.16. The molecule has 0 saturated heterocycles. The maximum Gasteiger partial charge on any atom is 0.242 e. The van der Waals surface area contributed by atoms with Crippen LogP contribution >= 0.6 is 0 Å². The molecule has 0 radical (unpaired) electrons. The molecule has 0 atom stereocenters. The second-order valence-corrected chi connectivity index (χ2v) is 9.53. The second-order valence-electron chi connectivity index (χ2n) is 7.38. The fourth-order valence-electron chi connectivity index (χ4n) is 3.32. The Balaban J connectivity index is 1.46. The SMILES string of the molecule is CN(C)S(=O)(=O)c1ccc(OCCn2c(COc3ccccc3)nc3ccccc32)cc1. The van der Waals surface area contributed by atoms with Gasteiger partial charge in [0.1, 0.15) is 30.5 Å². The fourth-order valence-corrected chi connectivity index (χ4v) is 4.22. The first-order valence-electron chi connectivity index (χ1n) is 10.2. The third kappa shape index (κ3) is 4.76. The first-order valence-corrected chi connectivity index (χ1v) is 11.7. The number of rotatable bonds is 9. The van der Waals surface area contributed by atoms with Crippen molar-refractivity contribution in [3.63, 3.8) is 0 Å². The van der Waals surface area contributed by atoms with Crippen LogP contribution in [0.15, 0.2) is 83.8 Å². The highest BCUT2D eigenvalue weighted by atomic mass is 32.2. The Bertz CT molecular complexity index is 1280. The van der Waals surface area contributed by atoms with Crippen molar-refractivity contribution in [1.29, 1.82) is 0 Å². The highest BCUT2D eigenvalue weighted by Crippen LogP contribution is 2.20. The molecule has 0 aliphatic carbocycles. The summed E-state index contributed by atoms with van der Waals surface area (Å²) in [5, 5.41) is 0. The lowest BCUT2D eigenvalue weighted by molar-refractivity contribution is 0.272. The fraction of sp³-hybridized carbons (Fsp3) is 0.208. The van der Waals surface area contributed by atoms with E-state index < -0.39 is 10.0 Å². The Hall–Kier alpha value is -3.36. The highest BCUT2D eigenvalue weighted by Gasteiger charge is 2.17. The van der Waals surface area contributed by atoms with Crippen LogP contribution < -0.4 is 9.47 Å². The highest BCUT2D eigenvalue weighted by molar-refractivity contribution is 7.89. The summed E-state index contributed by atoms with van der Waals surface area (Å²) in [6, 6.07) is 24.0. The van der Waals surface area contributed by atoms with Crippen molar-refractivity contribution < 1.29 is 17.9 Å². The molecule has 0 N–H and O–H groups in total. The van der Waals surface area contributed by atoms with E-state index in [0.717, 1.165) is 22.6 Å². The molecule has 4 aromatic rings. The molecular weight excluding hydrogens is 426 g/mol. The van der Waals surface area contributed by atoms with Gasteiger partial charge in [-0.05, 0) is 48.5 Å². The molecule has 166 valence electrons. The van der Waals surface area contributed by atoms with Crippen molar-refractivity contribution in [3.8, 4) is 11.5 Å².